The summed E-state index contributed by atoms with van der Waals surface area (Å²) in [7, 11) is 0. The van der Waals surface area contributed by atoms with Gasteiger partial charge in [0.25, 0.3) is 0 Å². The van der Waals surface area contributed by atoms with Crippen LogP contribution < -0.4 is 11.1 Å². The van der Waals surface area contributed by atoms with Crippen LogP contribution in [0.4, 0.5) is 5.69 Å². The molecule has 0 aliphatic heterocycles. The number of imidazole rings is 2. The number of hydrogen-bond acceptors (Lipinski definition) is 5. The number of aromatic nitrogens is 4. The average Bonchev–Trinajstić information content (AvgIpc) is 3.45. The number of hydrogen-bond donors (Lipinski definition) is 5. The summed E-state index contributed by atoms with van der Waals surface area (Å²) < 4.78 is 2.10. The standard InChI is InChI=1S/C27H27N7O2/c1-16-18(15-34-22-5-3-2-4-20(22)32-24(34)12-13-25(35)36)8-11-21-26(16)33-23(31-21)14-30-19-9-6-17(7-10-19)27(28)29/h2-11,30H,12-15H2,1H3,(H3,28,29)(H,31,33)(H,35,36). The minimum absolute atomic E-state index is 0.0363. The third-order valence-corrected chi connectivity index (χ3v) is 6.35. The molecule has 0 unspecified atom stereocenters. The van der Waals surface area contributed by atoms with Crippen LogP contribution in [0, 0.1) is 12.3 Å². The summed E-state index contributed by atoms with van der Waals surface area (Å²) in [4.78, 5) is 24.1. The fraction of sp³-hybridized carbons (Fsp3) is 0.185. The van der Waals surface area contributed by atoms with Gasteiger partial charge in [0.05, 0.1) is 35.0 Å². The smallest absolute Gasteiger partial charge is 0.303 e. The molecule has 0 radical (unpaired) electrons. The van der Waals surface area contributed by atoms with Crippen LogP contribution in [0.1, 0.15) is 34.8 Å². The zero-order valence-corrected chi connectivity index (χ0v) is 19.9. The average molecular weight is 482 g/mol. The number of benzene rings is 3. The van der Waals surface area contributed by atoms with Gasteiger partial charge < -0.3 is 25.7 Å². The molecule has 0 atom stereocenters. The van der Waals surface area contributed by atoms with Crippen molar-refractivity contribution in [2.75, 3.05) is 5.32 Å². The van der Waals surface area contributed by atoms with E-state index in [0.29, 0.717) is 25.1 Å². The van der Waals surface area contributed by atoms with Gasteiger partial charge in [-0.2, -0.15) is 0 Å². The van der Waals surface area contributed by atoms with Gasteiger partial charge in [-0.1, -0.05) is 18.2 Å². The molecule has 0 bridgehead atoms. The number of para-hydroxylation sites is 2. The highest BCUT2D eigenvalue weighted by Gasteiger charge is 2.15. The fourth-order valence-electron chi connectivity index (χ4n) is 4.40. The molecule has 2 aromatic heterocycles. The number of aliphatic carboxylic acids is 1. The molecule has 0 aliphatic rings. The van der Waals surface area contributed by atoms with E-state index in [1.165, 1.54) is 0 Å². The summed E-state index contributed by atoms with van der Waals surface area (Å²) in [5.74, 6) is 0.790. The lowest BCUT2D eigenvalue weighted by Crippen LogP contribution is -2.10. The predicted octanol–water partition coefficient (Wildman–Crippen LogP) is 4.18. The minimum Gasteiger partial charge on any atom is -0.481 e. The third-order valence-electron chi connectivity index (χ3n) is 6.35. The molecule has 0 amide bonds. The molecule has 0 saturated heterocycles. The summed E-state index contributed by atoms with van der Waals surface area (Å²) in [6, 6.07) is 19.4. The molecule has 0 spiro atoms. The Labute approximate surface area is 207 Å². The number of aromatic amines is 1. The number of carboxylic acids is 1. The van der Waals surface area contributed by atoms with E-state index in [1.807, 2.05) is 54.6 Å². The molecule has 3 aromatic carbocycles. The van der Waals surface area contributed by atoms with Gasteiger partial charge in [-0.25, -0.2) is 9.97 Å². The van der Waals surface area contributed by atoms with Crippen molar-refractivity contribution < 1.29 is 9.90 Å². The second-order valence-electron chi connectivity index (χ2n) is 8.77. The molecule has 5 aromatic rings. The molecule has 36 heavy (non-hydrogen) atoms. The van der Waals surface area contributed by atoms with Crippen molar-refractivity contribution >= 4 is 39.6 Å². The van der Waals surface area contributed by atoms with E-state index in [-0.39, 0.29) is 12.3 Å². The molecule has 0 saturated carbocycles. The Hall–Kier alpha value is -4.66. The molecule has 9 nitrogen and oxygen atoms in total. The molecule has 9 heteroatoms. The van der Waals surface area contributed by atoms with Gasteiger partial charge in [0, 0.05) is 24.2 Å². The number of anilines is 1. The van der Waals surface area contributed by atoms with Crippen LogP contribution in [-0.4, -0.2) is 36.4 Å². The van der Waals surface area contributed by atoms with E-state index < -0.39 is 5.97 Å². The Balaban J connectivity index is 1.39. The molecule has 182 valence electrons. The Kier molecular flexibility index (Phi) is 6.12. The summed E-state index contributed by atoms with van der Waals surface area (Å²) in [6.45, 7) is 3.17. The number of H-pyrrole nitrogens is 1. The van der Waals surface area contributed by atoms with E-state index in [9.17, 15) is 9.90 Å². The zero-order chi connectivity index (χ0) is 25.2. The SMILES string of the molecule is Cc1c(Cn2c(CCC(=O)O)nc3ccccc32)ccc2[nH]c(CNc3ccc(C(=N)N)cc3)nc12. The maximum absolute atomic E-state index is 11.2. The van der Waals surface area contributed by atoms with Crippen molar-refractivity contribution in [3.05, 3.63) is 89.0 Å². The second-order valence-corrected chi connectivity index (χ2v) is 8.77. The largest absolute Gasteiger partial charge is 0.481 e. The van der Waals surface area contributed by atoms with Gasteiger partial charge in [0.2, 0.25) is 0 Å². The van der Waals surface area contributed by atoms with Crippen LogP contribution in [-0.2, 0) is 24.3 Å². The molecule has 6 N–H and O–H groups in total. The zero-order valence-electron chi connectivity index (χ0n) is 19.9. The Morgan fingerprint density at radius 3 is 2.64 bits per heavy atom. The van der Waals surface area contributed by atoms with Crippen LogP contribution in [0.25, 0.3) is 22.1 Å². The van der Waals surface area contributed by atoms with Crippen molar-refractivity contribution in [2.45, 2.75) is 32.9 Å². The molecule has 5 rings (SSSR count). The number of nitrogen functional groups attached to an aromatic ring is 1. The lowest BCUT2D eigenvalue weighted by atomic mass is 10.1. The number of fused-ring (bicyclic) bond motifs is 2. The topological polar surface area (TPSA) is 146 Å². The maximum Gasteiger partial charge on any atom is 0.303 e. The monoisotopic (exact) mass is 481 g/mol. The van der Waals surface area contributed by atoms with Crippen molar-refractivity contribution in [3.63, 3.8) is 0 Å². The number of nitrogens with zero attached hydrogens (tertiary/aromatic N) is 3. The van der Waals surface area contributed by atoms with Crippen molar-refractivity contribution in [3.8, 4) is 0 Å². The first-order chi connectivity index (χ1) is 17.4. The number of nitrogens with two attached hydrogens (primary N) is 1. The molecule has 0 fully saturated rings. The van der Waals surface area contributed by atoms with Crippen LogP contribution in [0.15, 0.2) is 60.7 Å². The van der Waals surface area contributed by atoms with Crippen LogP contribution in [0.5, 0.6) is 0 Å². The second kappa shape index (κ2) is 9.53. The van der Waals surface area contributed by atoms with Gasteiger partial charge in [-0.15, -0.1) is 0 Å². The number of rotatable bonds is 9. The molecular weight excluding hydrogens is 454 g/mol. The molecule has 0 aliphatic carbocycles. The highest BCUT2D eigenvalue weighted by molar-refractivity contribution is 5.95. The highest BCUT2D eigenvalue weighted by atomic mass is 16.4. The van der Waals surface area contributed by atoms with Gasteiger partial charge in [0.1, 0.15) is 17.5 Å². The molecular formula is C27H27N7O2. The first-order valence-corrected chi connectivity index (χ1v) is 11.7. The summed E-state index contributed by atoms with van der Waals surface area (Å²) in [5.41, 5.74) is 13.0. The number of aryl methyl sites for hydroxylation is 2. The van der Waals surface area contributed by atoms with Crippen LogP contribution in [0.2, 0.25) is 0 Å². The van der Waals surface area contributed by atoms with Crippen LogP contribution in [0.3, 0.4) is 0 Å². The van der Waals surface area contributed by atoms with Crippen LogP contribution >= 0.6 is 0 Å². The van der Waals surface area contributed by atoms with E-state index >= 15 is 0 Å². The predicted molar refractivity (Wildman–Crippen MR) is 140 cm³/mol. The number of amidine groups is 1. The minimum atomic E-state index is -0.835. The van der Waals surface area contributed by atoms with Crippen molar-refractivity contribution in [2.24, 2.45) is 5.73 Å². The fourth-order valence-corrected chi connectivity index (χ4v) is 4.40. The van der Waals surface area contributed by atoms with E-state index in [0.717, 1.165) is 50.5 Å². The quantitative estimate of drug-likeness (QED) is 0.158. The van der Waals surface area contributed by atoms with E-state index in [2.05, 4.69) is 27.9 Å². The lowest BCUT2D eigenvalue weighted by Gasteiger charge is -2.12. The Morgan fingerprint density at radius 1 is 1.11 bits per heavy atom. The molecule has 2 heterocycles. The number of carbonyl (C=O) groups is 1. The summed E-state index contributed by atoms with van der Waals surface area (Å²) in [5, 5.41) is 20.0. The summed E-state index contributed by atoms with van der Waals surface area (Å²) >= 11 is 0. The van der Waals surface area contributed by atoms with E-state index in [1.54, 1.807) is 0 Å². The van der Waals surface area contributed by atoms with Crippen molar-refractivity contribution in [1.82, 2.24) is 19.5 Å². The Morgan fingerprint density at radius 2 is 1.89 bits per heavy atom. The van der Waals surface area contributed by atoms with Gasteiger partial charge >= 0.3 is 5.97 Å². The van der Waals surface area contributed by atoms with E-state index in [4.69, 9.17) is 21.1 Å². The number of nitrogens with one attached hydrogen (secondary N) is 3. The van der Waals surface area contributed by atoms with Crippen molar-refractivity contribution in [1.29, 1.82) is 5.41 Å². The van der Waals surface area contributed by atoms with Gasteiger partial charge in [0.15, 0.2) is 0 Å². The summed E-state index contributed by atoms with van der Waals surface area (Å²) in [6.07, 6.45) is 0.408. The maximum atomic E-state index is 11.2. The van der Waals surface area contributed by atoms with Gasteiger partial charge in [-0.3, -0.25) is 10.2 Å². The Bertz CT molecular complexity index is 1580. The first-order valence-electron chi connectivity index (χ1n) is 11.7. The normalized spacial score (nSPS) is 11.2. The first kappa shape index (κ1) is 23.1. The third kappa shape index (κ3) is 4.63. The highest BCUT2D eigenvalue weighted by Crippen LogP contribution is 2.24. The van der Waals surface area contributed by atoms with Gasteiger partial charge in [-0.05, 0) is 60.5 Å². The lowest BCUT2D eigenvalue weighted by molar-refractivity contribution is -0.137. The number of carboxylic acid groups (broad SMARTS) is 1.